The summed E-state index contributed by atoms with van der Waals surface area (Å²) >= 11 is 0. The lowest BCUT2D eigenvalue weighted by atomic mass is 9.85. The van der Waals surface area contributed by atoms with Crippen LogP contribution in [0.5, 0.6) is 0 Å². The van der Waals surface area contributed by atoms with E-state index in [0.717, 1.165) is 13.0 Å². The number of benzene rings is 1. The molecule has 1 saturated carbocycles. The van der Waals surface area contributed by atoms with E-state index in [-0.39, 0.29) is 60.4 Å². The topological polar surface area (TPSA) is 60.9 Å². The van der Waals surface area contributed by atoms with Crippen molar-refractivity contribution in [2.75, 3.05) is 31.1 Å². The molecule has 2 heterocycles. The third kappa shape index (κ3) is 3.04. The number of fused-ring (bicyclic) bond motifs is 5. The van der Waals surface area contributed by atoms with Gasteiger partial charge in [-0.1, -0.05) is 24.3 Å². The fourth-order valence-electron chi connectivity index (χ4n) is 5.92. The van der Waals surface area contributed by atoms with E-state index >= 15 is 0 Å². The van der Waals surface area contributed by atoms with Gasteiger partial charge in [-0.2, -0.15) is 0 Å². The van der Waals surface area contributed by atoms with Gasteiger partial charge in [0.05, 0.1) is 11.8 Å². The number of likely N-dealkylation sites (tertiary alicyclic amines) is 1. The minimum atomic E-state index is -0.180. The number of hydrogen-bond acceptors (Lipinski definition) is 4. The van der Waals surface area contributed by atoms with Gasteiger partial charge in [0, 0.05) is 44.3 Å². The second kappa shape index (κ2) is 7.25. The van der Waals surface area contributed by atoms with Crippen molar-refractivity contribution in [1.82, 2.24) is 9.80 Å². The zero-order valence-corrected chi connectivity index (χ0v) is 17.7. The Labute approximate surface area is 177 Å². The largest absolute Gasteiger partial charge is 0.365 e. The fraction of sp³-hybridized carbons (Fsp3) is 0.542. The number of anilines is 1. The molecule has 6 heteroatoms. The highest BCUT2D eigenvalue weighted by atomic mass is 16.2. The van der Waals surface area contributed by atoms with E-state index in [2.05, 4.69) is 55.2 Å². The Balaban J connectivity index is 1.17. The first-order valence-electron chi connectivity index (χ1n) is 11.1. The number of piperazine rings is 1. The number of nitrogens with zero attached hydrogens (tertiary/aromatic N) is 3. The number of carbonyl (C=O) groups excluding carboxylic acids is 3. The first-order chi connectivity index (χ1) is 14.4. The Bertz CT molecular complexity index is 896. The van der Waals surface area contributed by atoms with Gasteiger partial charge in [0.2, 0.25) is 17.7 Å². The number of rotatable bonds is 4. The molecular weight excluding hydrogens is 378 g/mol. The van der Waals surface area contributed by atoms with E-state index < -0.39 is 0 Å². The minimum Gasteiger partial charge on any atom is -0.365 e. The van der Waals surface area contributed by atoms with Gasteiger partial charge in [-0.15, -0.1) is 0 Å². The first kappa shape index (κ1) is 19.3. The third-order valence-corrected chi connectivity index (χ3v) is 7.42. The van der Waals surface area contributed by atoms with Gasteiger partial charge < -0.3 is 9.80 Å². The lowest BCUT2D eigenvalue weighted by Crippen LogP contribution is -2.54. The standard InChI is InChI=1S/C24H29N3O3/c1-15-4-3-5-19(12-15)26-11-10-25(14-16(26)2)20(28)8-9-27-23(29)21-17-6-7-18(13-17)22(21)24(27)30/h3-7,12,16-18,21-22H,8-11,13-14H2,1-2H3/t16-,17-,18-,21+,22+/m0/s1. The van der Waals surface area contributed by atoms with Gasteiger partial charge in [0.25, 0.3) is 0 Å². The van der Waals surface area contributed by atoms with Crippen LogP contribution in [0.15, 0.2) is 36.4 Å². The van der Waals surface area contributed by atoms with Crippen molar-refractivity contribution in [2.45, 2.75) is 32.7 Å². The molecule has 2 saturated heterocycles. The second-order valence-corrected chi connectivity index (χ2v) is 9.30. The molecule has 0 spiro atoms. The van der Waals surface area contributed by atoms with Crippen LogP contribution in [0.4, 0.5) is 5.69 Å². The minimum absolute atomic E-state index is 0.0319. The van der Waals surface area contributed by atoms with Gasteiger partial charge in [0.15, 0.2) is 0 Å². The van der Waals surface area contributed by atoms with Crippen molar-refractivity contribution < 1.29 is 14.4 Å². The molecule has 6 nitrogen and oxygen atoms in total. The molecule has 0 radical (unpaired) electrons. The summed E-state index contributed by atoms with van der Waals surface area (Å²) in [6.07, 6.45) is 5.35. The van der Waals surface area contributed by atoms with E-state index in [9.17, 15) is 14.4 Å². The Kier molecular flexibility index (Phi) is 4.68. The molecule has 0 aromatic heterocycles. The highest BCUT2D eigenvalue weighted by Crippen LogP contribution is 2.52. The van der Waals surface area contributed by atoms with E-state index in [1.807, 2.05) is 4.90 Å². The summed E-state index contributed by atoms with van der Waals surface area (Å²) in [5.41, 5.74) is 2.42. The van der Waals surface area contributed by atoms with Crippen LogP contribution in [-0.2, 0) is 14.4 Å². The van der Waals surface area contributed by atoms with Crippen LogP contribution in [0, 0.1) is 30.6 Å². The molecule has 3 amide bonds. The highest BCUT2D eigenvalue weighted by molar-refractivity contribution is 6.06. The average Bonchev–Trinajstić information content (AvgIpc) is 3.40. The molecule has 1 aromatic carbocycles. The van der Waals surface area contributed by atoms with Crippen LogP contribution in [0.2, 0.25) is 0 Å². The van der Waals surface area contributed by atoms with Crippen LogP contribution < -0.4 is 4.90 Å². The second-order valence-electron chi connectivity index (χ2n) is 9.30. The third-order valence-electron chi connectivity index (χ3n) is 7.42. The van der Waals surface area contributed by atoms with Gasteiger partial charge in [0.1, 0.15) is 0 Å². The van der Waals surface area contributed by atoms with E-state index in [1.54, 1.807) is 0 Å². The van der Waals surface area contributed by atoms with Gasteiger partial charge in [-0.3, -0.25) is 19.3 Å². The first-order valence-corrected chi connectivity index (χ1v) is 11.1. The molecule has 1 aromatic rings. The van der Waals surface area contributed by atoms with E-state index in [0.29, 0.717) is 13.1 Å². The molecule has 2 bridgehead atoms. The van der Waals surface area contributed by atoms with Crippen molar-refractivity contribution in [3.8, 4) is 0 Å². The smallest absolute Gasteiger partial charge is 0.233 e. The van der Waals surface area contributed by atoms with Crippen molar-refractivity contribution in [3.63, 3.8) is 0 Å². The molecule has 5 rings (SSSR count). The quantitative estimate of drug-likeness (QED) is 0.567. The molecule has 0 unspecified atom stereocenters. The maximum Gasteiger partial charge on any atom is 0.233 e. The molecule has 2 aliphatic heterocycles. The molecule has 2 aliphatic carbocycles. The zero-order valence-electron chi connectivity index (χ0n) is 17.7. The Morgan fingerprint density at radius 2 is 1.77 bits per heavy atom. The summed E-state index contributed by atoms with van der Waals surface area (Å²) in [6, 6.07) is 8.67. The Morgan fingerprint density at radius 3 is 2.40 bits per heavy atom. The monoisotopic (exact) mass is 407 g/mol. The molecule has 3 fully saturated rings. The fourth-order valence-corrected chi connectivity index (χ4v) is 5.92. The van der Waals surface area contributed by atoms with Gasteiger partial charge >= 0.3 is 0 Å². The summed E-state index contributed by atoms with van der Waals surface area (Å²) in [7, 11) is 0. The summed E-state index contributed by atoms with van der Waals surface area (Å²) in [5.74, 6) is -0.0227. The zero-order chi connectivity index (χ0) is 21.0. The Hall–Kier alpha value is -2.63. The van der Waals surface area contributed by atoms with Crippen LogP contribution in [0.3, 0.4) is 0 Å². The summed E-state index contributed by atoms with van der Waals surface area (Å²) < 4.78 is 0. The number of hydrogen-bond donors (Lipinski definition) is 0. The van der Waals surface area contributed by atoms with Crippen LogP contribution >= 0.6 is 0 Å². The lowest BCUT2D eigenvalue weighted by Gasteiger charge is -2.41. The summed E-state index contributed by atoms with van der Waals surface area (Å²) in [6.45, 7) is 6.56. The van der Waals surface area contributed by atoms with Crippen molar-refractivity contribution in [3.05, 3.63) is 42.0 Å². The van der Waals surface area contributed by atoms with Crippen LogP contribution in [-0.4, -0.2) is 59.7 Å². The molecule has 30 heavy (non-hydrogen) atoms. The summed E-state index contributed by atoms with van der Waals surface area (Å²) in [5, 5.41) is 0. The molecule has 5 atom stereocenters. The van der Waals surface area contributed by atoms with Crippen LogP contribution in [0.25, 0.3) is 0 Å². The highest BCUT2D eigenvalue weighted by Gasteiger charge is 2.59. The Morgan fingerprint density at radius 1 is 1.07 bits per heavy atom. The number of imide groups is 1. The van der Waals surface area contributed by atoms with Crippen LogP contribution in [0.1, 0.15) is 25.3 Å². The maximum absolute atomic E-state index is 12.8. The normalized spacial score (nSPS) is 32.3. The lowest BCUT2D eigenvalue weighted by molar-refractivity contribution is -0.141. The SMILES string of the molecule is Cc1cccc(N2CCN(C(=O)CCN3C(=O)[C@H]4[C@H](C3=O)[C@H]3C=C[C@H]4C3)C[C@@H]2C)c1. The number of amides is 3. The average molecular weight is 408 g/mol. The van der Waals surface area contributed by atoms with E-state index in [1.165, 1.54) is 16.2 Å². The van der Waals surface area contributed by atoms with E-state index in [4.69, 9.17) is 0 Å². The van der Waals surface area contributed by atoms with Gasteiger partial charge in [-0.25, -0.2) is 0 Å². The number of carbonyl (C=O) groups is 3. The van der Waals surface area contributed by atoms with Crippen molar-refractivity contribution in [1.29, 1.82) is 0 Å². The molecular formula is C24H29N3O3. The van der Waals surface area contributed by atoms with Gasteiger partial charge in [-0.05, 0) is 49.8 Å². The van der Waals surface area contributed by atoms with Crippen molar-refractivity contribution >= 4 is 23.4 Å². The predicted molar refractivity (Wildman–Crippen MR) is 114 cm³/mol. The number of aryl methyl sites for hydroxylation is 1. The van der Waals surface area contributed by atoms with Crippen molar-refractivity contribution in [2.24, 2.45) is 23.7 Å². The molecule has 158 valence electrons. The predicted octanol–water partition coefficient (Wildman–Crippen LogP) is 2.23. The molecule has 0 N–H and O–H groups in total. The maximum atomic E-state index is 12.8. The number of allylic oxidation sites excluding steroid dienone is 2. The molecule has 4 aliphatic rings. The summed E-state index contributed by atoms with van der Waals surface area (Å²) in [4.78, 5) is 44.0.